The zero-order valence-electron chi connectivity index (χ0n) is 14.5. The Morgan fingerprint density at radius 2 is 2.00 bits per heavy atom. The van der Waals surface area contributed by atoms with E-state index < -0.39 is 10.0 Å². The number of hydrogen-bond acceptors (Lipinski definition) is 7. The molecule has 0 atom stereocenters. The molecule has 0 unspecified atom stereocenters. The standard InChI is InChI=1S/C15H21N5O4S/c1-10-15(11(2)24-19-10)25(22,23)17-8-7-14(21)18-12-5-6-13(16-9-12)20(3)4/h5-6,9,17H,7-8H2,1-4H3,(H,18,21). The van der Waals surface area contributed by atoms with E-state index in [2.05, 4.69) is 20.2 Å². The molecule has 1 amide bonds. The third-order valence-electron chi connectivity index (χ3n) is 3.37. The van der Waals surface area contributed by atoms with Gasteiger partial charge in [0.2, 0.25) is 15.9 Å². The third-order valence-corrected chi connectivity index (χ3v) is 5.08. The van der Waals surface area contributed by atoms with Crippen LogP contribution >= 0.6 is 0 Å². The fourth-order valence-corrected chi connectivity index (χ4v) is 3.53. The fourth-order valence-electron chi connectivity index (χ4n) is 2.18. The summed E-state index contributed by atoms with van der Waals surface area (Å²) < 4.78 is 31.7. The first-order valence-corrected chi connectivity index (χ1v) is 9.05. The van der Waals surface area contributed by atoms with E-state index in [9.17, 15) is 13.2 Å². The van der Waals surface area contributed by atoms with Crippen LogP contribution in [0.1, 0.15) is 17.9 Å². The summed E-state index contributed by atoms with van der Waals surface area (Å²) in [7, 11) is -0.0326. The van der Waals surface area contributed by atoms with Gasteiger partial charge in [-0.2, -0.15) is 0 Å². The number of rotatable bonds is 7. The highest BCUT2D eigenvalue weighted by atomic mass is 32.2. The lowest BCUT2D eigenvalue weighted by atomic mass is 10.3. The van der Waals surface area contributed by atoms with Crippen molar-refractivity contribution in [1.29, 1.82) is 0 Å². The molecular formula is C15H21N5O4S. The van der Waals surface area contributed by atoms with Crippen LogP contribution in [0.25, 0.3) is 0 Å². The minimum absolute atomic E-state index is 0.0105. The van der Waals surface area contributed by atoms with Crippen LogP contribution in [-0.4, -0.2) is 45.1 Å². The predicted octanol–water partition coefficient (Wildman–Crippen LogP) is 1.06. The number of pyridine rings is 1. The minimum atomic E-state index is -3.77. The van der Waals surface area contributed by atoms with Crippen LogP contribution in [0.2, 0.25) is 0 Å². The van der Waals surface area contributed by atoms with E-state index in [1.807, 2.05) is 19.0 Å². The van der Waals surface area contributed by atoms with E-state index in [1.54, 1.807) is 25.3 Å². The smallest absolute Gasteiger partial charge is 0.245 e. The monoisotopic (exact) mass is 367 g/mol. The van der Waals surface area contributed by atoms with Crippen LogP contribution in [-0.2, 0) is 14.8 Å². The molecule has 2 heterocycles. The molecule has 0 aliphatic carbocycles. The lowest BCUT2D eigenvalue weighted by Gasteiger charge is -2.11. The number of nitrogens with one attached hydrogen (secondary N) is 2. The Kier molecular flexibility index (Phi) is 5.75. The maximum absolute atomic E-state index is 12.2. The third kappa shape index (κ3) is 4.77. The average molecular weight is 367 g/mol. The van der Waals surface area contributed by atoms with Crippen LogP contribution in [0, 0.1) is 13.8 Å². The van der Waals surface area contributed by atoms with E-state index in [0.29, 0.717) is 5.69 Å². The molecule has 136 valence electrons. The molecule has 0 radical (unpaired) electrons. The first-order chi connectivity index (χ1) is 11.7. The van der Waals surface area contributed by atoms with Crippen LogP contribution in [0.4, 0.5) is 11.5 Å². The highest BCUT2D eigenvalue weighted by Crippen LogP contribution is 2.18. The van der Waals surface area contributed by atoms with E-state index >= 15 is 0 Å². The molecule has 25 heavy (non-hydrogen) atoms. The van der Waals surface area contributed by atoms with Crippen molar-refractivity contribution in [2.45, 2.75) is 25.2 Å². The Morgan fingerprint density at radius 1 is 1.28 bits per heavy atom. The van der Waals surface area contributed by atoms with Crippen LogP contribution in [0.15, 0.2) is 27.7 Å². The van der Waals surface area contributed by atoms with Gasteiger partial charge in [-0.15, -0.1) is 0 Å². The summed E-state index contributed by atoms with van der Waals surface area (Å²) in [6.45, 7) is 3.02. The van der Waals surface area contributed by atoms with Gasteiger partial charge in [0, 0.05) is 27.1 Å². The average Bonchev–Trinajstić information content (AvgIpc) is 2.87. The molecule has 0 aliphatic rings. The van der Waals surface area contributed by atoms with Crippen molar-refractivity contribution >= 4 is 27.4 Å². The molecule has 10 heteroatoms. The van der Waals surface area contributed by atoms with E-state index in [1.165, 1.54) is 6.92 Å². The van der Waals surface area contributed by atoms with Gasteiger partial charge in [-0.25, -0.2) is 18.1 Å². The number of aromatic nitrogens is 2. The fraction of sp³-hybridized carbons (Fsp3) is 0.400. The lowest BCUT2D eigenvalue weighted by Crippen LogP contribution is -2.28. The Labute approximate surface area is 146 Å². The zero-order chi connectivity index (χ0) is 18.6. The summed E-state index contributed by atoms with van der Waals surface area (Å²) >= 11 is 0. The summed E-state index contributed by atoms with van der Waals surface area (Å²) in [4.78, 5) is 18.0. The normalized spacial score (nSPS) is 11.4. The van der Waals surface area contributed by atoms with Crippen LogP contribution < -0.4 is 14.9 Å². The number of anilines is 2. The molecule has 0 saturated heterocycles. The highest BCUT2D eigenvalue weighted by Gasteiger charge is 2.23. The predicted molar refractivity (Wildman–Crippen MR) is 93.0 cm³/mol. The van der Waals surface area contributed by atoms with Gasteiger partial charge in [0.05, 0.1) is 11.9 Å². The van der Waals surface area contributed by atoms with Gasteiger partial charge < -0.3 is 14.7 Å². The number of nitrogens with zero attached hydrogens (tertiary/aromatic N) is 3. The number of hydrogen-bond donors (Lipinski definition) is 2. The Bertz CT molecular complexity index is 824. The summed E-state index contributed by atoms with van der Waals surface area (Å²) in [6.07, 6.45) is 1.53. The van der Waals surface area contributed by atoms with Crippen molar-refractivity contribution in [3.63, 3.8) is 0 Å². The lowest BCUT2D eigenvalue weighted by molar-refractivity contribution is -0.116. The van der Waals surface area contributed by atoms with Gasteiger partial charge in [-0.1, -0.05) is 5.16 Å². The quantitative estimate of drug-likeness (QED) is 0.751. The molecule has 2 aromatic rings. The van der Waals surface area contributed by atoms with E-state index in [0.717, 1.165) is 5.82 Å². The molecule has 2 rings (SSSR count). The van der Waals surface area contributed by atoms with Crippen molar-refractivity contribution < 1.29 is 17.7 Å². The Balaban J connectivity index is 1.88. The molecule has 0 aromatic carbocycles. The van der Waals surface area contributed by atoms with Gasteiger partial charge in [-0.05, 0) is 26.0 Å². The topological polar surface area (TPSA) is 117 Å². The SMILES string of the molecule is Cc1noc(C)c1S(=O)(=O)NCCC(=O)Nc1ccc(N(C)C)nc1. The number of carbonyl (C=O) groups excluding carboxylic acids is 1. The van der Waals surface area contributed by atoms with Crippen molar-refractivity contribution in [2.24, 2.45) is 0 Å². The Hall–Kier alpha value is -2.46. The number of aryl methyl sites for hydroxylation is 2. The summed E-state index contributed by atoms with van der Waals surface area (Å²) in [5, 5.41) is 6.28. The van der Waals surface area contributed by atoms with Gasteiger partial charge in [0.15, 0.2) is 5.76 Å². The molecule has 9 nitrogen and oxygen atoms in total. The first kappa shape index (κ1) is 18.9. The van der Waals surface area contributed by atoms with Crippen molar-refractivity contribution in [2.75, 3.05) is 30.9 Å². The largest absolute Gasteiger partial charge is 0.363 e. The maximum atomic E-state index is 12.2. The van der Waals surface area contributed by atoms with Crippen molar-refractivity contribution in [1.82, 2.24) is 14.9 Å². The summed E-state index contributed by atoms with van der Waals surface area (Å²) in [5.74, 6) is 0.660. The second-order valence-electron chi connectivity index (χ2n) is 5.65. The summed E-state index contributed by atoms with van der Waals surface area (Å²) in [5.41, 5.74) is 0.825. The molecule has 0 saturated carbocycles. The molecule has 2 N–H and O–H groups in total. The molecule has 0 aliphatic heterocycles. The number of carbonyl (C=O) groups is 1. The minimum Gasteiger partial charge on any atom is -0.363 e. The number of amides is 1. The second kappa shape index (κ2) is 7.62. The van der Waals surface area contributed by atoms with Gasteiger partial charge in [-0.3, -0.25) is 4.79 Å². The van der Waals surface area contributed by atoms with E-state index in [-0.39, 0.29) is 35.2 Å². The first-order valence-electron chi connectivity index (χ1n) is 7.56. The molecule has 0 fully saturated rings. The molecule has 0 spiro atoms. The zero-order valence-corrected chi connectivity index (χ0v) is 15.3. The maximum Gasteiger partial charge on any atom is 0.245 e. The second-order valence-corrected chi connectivity index (χ2v) is 7.35. The Morgan fingerprint density at radius 3 is 2.52 bits per heavy atom. The molecule has 0 bridgehead atoms. The van der Waals surface area contributed by atoms with Gasteiger partial charge in [0.25, 0.3) is 0 Å². The number of sulfonamides is 1. The summed E-state index contributed by atoms with van der Waals surface area (Å²) in [6, 6.07) is 3.50. The highest BCUT2D eigenvalue weighted by molar-refractivity contribution is 7.89. The van der Waals surface area contributed by atoms with Crippen LogP contribution in [0.3, 0.4) is 0 Å². The van der Waals surface area contributed by atoms with Crippen LogP contribution in [0.5, 0.6) is 0 Å². The molecular weight excluding hydrogens is 346 g/mol. The van der Waals surface area contributed by atoms with Gasteiger partial charge >= 0.3 is 0 Å². The molecule has 2 aromatic heterocycles. The van der Waals surface area contributed by atoms with E-state index in [4.69, 9.17) is 4.52 Å². The van der Waals surface area contributed by atoms with Crippen molar-refractivity contribution in [3.05, 3.63) is 29.8 Å². The van der Waals surface area contributed by atoms with Gasteiger partial charge in [0.1, 0.15) is 16.4 Å². The van der Waals surface area contributed by atoms with Crippen molar-refractivity contribution in [3.8, 4) is 0 Å².